The molecule has 0 aromatic rings. The van der Waals surface area contributed by atoms with Crippen LogP contribution >= 0.6 is 0 Å². The van der Waals surface area contributed by atoms with Crippen LogP contribution in [0.1, 0.15) is 25.7 Å². The van der Waals surface area contributed by atoms with Crippen LogP contribution in [0.3, 0.4) is 0 Å². The van der Waals surface area contributed by atoms with E-state index in [4.69, 9.17) is 0 Å². The molecule has 3 rings (SSSR count). The van der Waals surface area contributed by atoms with Crippen molar-refractivity contribution in [2.75, 3.05) is 0 Å². The number of aliphatic hydroxyl groups is 1. The molecule has 3 aliphatic rings. The van der Waals surface area contributed by atoms with E-state index >= 15 is 0 Å². The Bertz CT molecular complexity index is 201. The van der Waals surface area contributed by atoms with Gasteiger partial charge in [-0.1, -0.05) is 18.6 Å². The Morgan fingerprint density at radius 1 is 1.00 bits per heavy atom. The fourth-order valence-electron chi connectivity index (χ4n) is 3.57. The maximum Gasteiger partial charge on any atom is 0.0607 e. The van der Waals surface area contributed by atoms with Gasteiger partial charge in [-0.05, 0) is 42.9 Å². The van der Waals surface area contributed by atoms with Crippen molar-refractivity contribution in [3.63, 3.8) is 0 Å². The Labute approximate surface area is 73.5 Å². The fourth-order valence-corrected chi connectivity index (χ4v) is 3.57. The monoisotopic (exact) mass is 164 g/mol. The Balaban J connectivity index is 1.97. The molecule has 0 spiro atoms. The van der Waals surface area contributed by atoms with Gasteiger partial charge in [-0.25, -0.2) is 0 Å². The average molecular weight is 164 g/mol. The smallest absolute Gasteiger partial charge is 0.0607 e. The van der Waals surface area contributed by atoms with E-state index < -0.39 is 0 Å². The highest BCUT2D eigenvalue weighted by molar-refractivity contribution is 5.13. The Kier molecular flexibility index (Phi) is 1.40. The zero-order valence-electron chi connectivity index (χ0n) is 7.32. The second-order valence-electron chi connectivity index (χ2n) is 4.70. The average Bonchev–Trinajstić information content (AvgIpc) is 2.47. The van der Waals surface area contributed by atoms with Gasteiger partial charge < -0.3 is 5.11 Å². The van der Waals surface area contributed by atoms with Crippen LogP contribution in [-0.2, 0) is 0 Å². The molecule has 1 N–H and O–H groups in total. The lowest BCUT2D eigenvalue weighted by Gasteiger charge is -2.44. The normalized spacial score (nSPS) is 55.9. The number of hydrogen-bond donors (Lipinski definition) is 1. The van der Waals surface area contributed by atoms with Gasteiger partial charge in [-0.2, -0.15) is 0 Å². The maximum absolute atomic E-state index is 10.0. The first kappa shape index (κ1) is 7.14. The van der Waals surface area contributed by atoms with Crippen LogP contribution in [0.5, 0.6) is 0 Å². The molecule has 1 nitrogen and oxygen atoms in total. The second-order valence-corrected chi connectivity index (χ2v) is 4.70. The van der Waals surface area contributed by atoms with Crippen LogP contribution in [0.25, 0.3) is 0 Å². The number of fused-ring (bicyclic) bond motifs is 6. The summed E-state index contributed by atoms with van der Waals surface area (Å²) in [5.74, 6) is 2.67. The lowest BCUT2D eigenvalue weighted by molar-refractivity contribution is -0.0452. The van der Waals surface area contributed by atoms with Crippen LogP contribution < -0.4 is 0 Å². The molecule has 0 aromatic carbocycles. The molecule has 4 bridgehead atoms. The number of aliphatic hydroxyl groups excluding tert-OH is 1. The maximum atomic E-state index is 10.0. The van der Waals surface area contributed by atoms with E-state index in [9.17, 15) is 5.11 Å². The molecule has 12 heavy (non-hydrogen) atoms. The molecule has 0 aromatic heterocycles. The topological polar surface area (TPSA) is 20.2 Å². The summed E-state index contributed by atoms with van der Waals surface area (Å²) >= 11 is 0. The van der Waals surface area contributed by atoms with Crippen LogP contribution in [0, 0.1) is 23.7 Å². The molecule has 0 amide bonds. The van der Waals surface area contributed by atoms with Gasteiger partial charge in [0.25, 0.3) is 0 Å². The van der Waals surface area contributed by atoms with E-state index in [2.05, 4.69) is 12.2 Å². The van der Waals surface area contributed by atoms with Gasteiger partial charge in [0.15, 0.2) is 0 Å². The van der Waals surface area contributed by atoms with E-state index in [0.29, 0.717) is 11.8 Å². The lowest BCUT2D eigenvalue weighted by atomic mass is 9.64. The molecule has 66 valence electrons. The zero-order valence-corrected chi connectivity index (χ0v) is 7.32. The van der Waals surface area contributed by atoms with Crippen molar-refractivity contribution in [1.29, 1.82) is 0 Å². The predicted molar refractivity (Wildman–Crippen MR) is 47.6 cm³/mol. The first-order valence-corrected chi connectivity index (χ1v) is 5.22. The highest BCUT2D eigenvalue weighted by Gasteiger charge is 2.46. The molecule has 0 heterocycles. The van der Waals surface area contributed by atoms with E-state index in [1.807, 2.05) is 0 Å². The van der Waals surface area contributed by atoms with Gasteiger partial charge in [0, 0.05) is 0 Å². The van der Waals surface area contributed by atoms with Gasteiger partial charge in [-0.15, -0.1) is 0 Å². The lowest BCUT2D eigenvalue weighted by Crippen LogP contribution is -2.43. The minimum Gasteiger partial charge on any atom is -0.393 e. The fraction of sp³-hybridized carbons (Fsp3) is 0.818. The van der Waals surface area contributed by atoms with Crippen molar-refractivity contribution in [2.45, 2.75) is 31.8 Å². The number of allylic oxidation sites excluding steroid dienone is 2. The summed E-state index contributed by atoms with van der Waals surface area (Å²) in [6.45, 7) is 0. The SMILES string of the molecule is OC1C2CCCC1C1C=CC2C1. The van der Waals surface area contributed by atoms with Crippen molar-refractivity contribution in [1.82, 2.24) is 0 Å². The molecular weight excluding hydrogens is 148 g/mol. The third kappa shape index (κ3) is 0.779. The highest BCUT2D eigenvalue weighted by atomic mass is 16.3. The summed E-state index contributed by atoms with van der Waals surface area (Å²) in [5.41, 5.74) is 0. The van der Waals surface area contributed by atoms with Gasteiger partial charge >= 0.3 is 0 Å². The Hall–Kier alpha value is -0.300. The van der Waals surface area contributed by atoms with Gasteiger partial charge in [0.1, 0.15) is 0 Å². The van der Waals surface area contributed by atoms with Crippen molar-refractivity contribution in [2.24, 2.45) is 23.7 Å². The van der Waals surface area contributed by atoms with Gasteiger partial charge in [-0.3, -0.25) is 0 Å². The third-order valence-corrected chi connectivity index (χ3v) is 4.20. The summed E-state index contributed by atoms with van der Waals surface area (Å²) in [4.78, 5) is 0. The van der Waals surface area contributed by atoms with Gasteiger partial charge in [0.2, 0.25) is 0 Å². The third-order valence-electron chi connectivity index (χ3n) is 4.20. The summed E-state index contributed by atoms with van der Waals surface area (Å²) in [6, 6.07) is 0. The first-order chi connectivity index (χ1) is 5.86. The quantitative estimate of drug-likeness (QED) is 0.543. The highest BCUT2D eigenvalue weighted by Crippen LogP contribution is 2.50. The van der Waals surface area contributed by atoms with E-state index in [-0.39, 0.29) is 6.10 Å². The molecule has 4 unspecified atom stereocenters. The Morgan fingerprint density at radius 3 is 2.17 bits per heavy atom. The minimum atomic E-state index is 0.0255. The standard InChI is InChI=1S/C11H16O/c12-11-9-2-1-3-10(11)8-5-4-7(9)6-8/h4-5,7-12H,1-3,6H2. The summed E-state index contributed by atoms with van der Waals surface area (Å²) in [6.07, 6.45) is 9.97. The molecule has 0 radical (unpaired) electrons. The van der Waals surface area contributed by atoms with Gasteiger partial charge in [0.05, 0.1) is 6.10 Å². The second kappa shape index (κ2) is 2.35. The molecule has 2 saturated carbocycles. The molecule has 0 aliphatic heterocycles. The van der Waals surface area contributed by atoms with E-state index in [1.165, 1.54) is 25.7 Å². The summed E-state index contributed by atoms with van der Waals surface area (Å²) in [5, 5.41) is 10.0. The Morgan fingerprint density at radius 2 is 1.58 bits per heavy atom. The summed E-state index contributed by atoms with van der Waals surface area (Å²) in [7, 11) is 0. The zero-order chi connectivity index (χ0) is 8.13. The molecule has 4 atom stereocenters. The minimum absolute atomic E-state index is 0.0255. The predicted octanol–water partition coefficient (Wildman–Crippen LogP) is 1.97. The van der Waals surface area contributed by atoms with Crippen molar-refractivity contribution >= 4 is 0 Å². The molecule has 3 aliphatic carbocycles. The molecular formula is C11H16O. The van der Waals surface area contributed by atoms with Crippen LogP contribution in [0.4, 0.5) is 0 Å². The van der Waals surface area contributed by atoms with Crippen molar-refractivity contribution in [3.8, 4) is 0 Å². The molecule has 0 saturated heterocycles. The van der Waals surface area contributed by atoms with Crippen LogP contribution in [0.15, 0.2) is 12.2 Å². The first-order valence-electron chi connectivity index (χ1n) is 5.22. The van der Waals surface area contributed by atoms with Crippen molar-refractivity contribution < 1.29 is 5.11 Å². The van der Waals surface area contributed by atoms with Crippen molar-refractivity contribution in [3.05, 3.63) is 12.2 Å². The van der Waals surface area contributed by atoms with E-state index in [0.717, 1.165) is 11.8 Å². The largest absolute Gasteiger partial charge is 0.393 e. The number of hydrogen-bond acceptors (Lipinski definition) is 1. The summed E-state index contributed by atoms with van der Waals surface area (Å²) < 4.78 is 0. The van der Waals surface area contributed by atoms with E-state index in [1.54, 1.807) is 0 Å². The molecule has 1 heteroatoms. The van der Waals surface area contributed by atoms with Crippen LogP contribution in [0.2, 0.25) is 0 Å². The molecule has 2 fully saturated rings. The van der Waals surface area contributed by atoms with Crippen LogP contribution in [-0.4, -0.2) is 11.2 Å². The number of rotatable bonds is 0.